The van der Waals surface area contributed by atoms with Gasteiger partial charge in [-0.05, 0) is 24.0 Å². The van der Waals surface area contributed by atoms with E-state index in [1.54, 1.807) is 18.1 Å². The van der Waals surface area contributed by atoms with Gasteiger partial charge in [0.2, 0.25) is 0 Å². The van der Waals surface area contributed by atoms with E-state index < -0.39 is 0 Å². The van der Waals surface area contributed by atoms with Crippen molar-refractivity contribution in [2.24, 2.45) is 0 Å². The molecular weight excluding hydrogens is 254 g/mol. The van der Waals surface area contributed by atoms with Crippen LogP contribution in [0.15, 0.2) is 41.7 Å². The molecule has 0 aliphatic carbocycles. The minimum absolute atomic E-state index is 0.724. The van der Waals surface area contributed by atoms with Gasteiger partial charge in [0.25, 0.3) is 0 Å². The van der Waals surface area contributed by atoms with E-state index in [1.165, 1.54) is 5.56 Å². The van der Waals surface area contributed by atoms with Gasteiger partial charge in [0, 0.05) is 17.6 Å². The van der Waals surface area contributed by atoms with Gasteiger partial charge in [-0.3, -0.25) is 0 Å². The zero-order chi connectivity index (χ0) is 12.1. The van der Waals surface area contributed by atoms with Gasteiger partial charge in [0.1, 0.15) is 17.2 Å². The average molecular weight is 266 g/mol. The van der Waals surface area contributed by atoms with E-state index in [0.29, 0.717) is 0 Å². The van der Waals surface area contributed by atoms with Gasteiger partial charge in [-0.1, -0.05) is 23.7 Å². The number of benzene rings is 1. The number of nitrogens with one attached hydrogen (secondary N) is 1. The fraction of sp³-hybridized carbons (Fsp3) is 0.167. The van der Waals surface area contributed by atoms with E-state index in [4.69, 9.17) is 11.6 Å². The minimum atomic E-state index is 0.724. The van der Waals surface area contributed by atoms with Crippen LogP contribution in [0.5, 0.6) is 0 Å². The number of hydrogen-bond acceptors (Lipinski definition) is 4. The molecular formula is C12H12ClN3S. The van der Waals surface area contributed by atoms with Gasteiger partial charge < -0.3 is 5.32 Å². The topological polar surface area (TPSA) is 37.8 Å². The number of nitrogens with zero attached hydrogens (tertiary/aromatic N) is 2. The highest BCUT2D eigenvalue weighted by molar-refractivity contribution is 7.98. The van der Waals surface area contributed by atoms with Crippen LogP contribution in [-0.2, 0) is 6.54 Å². The van der Waals surface area contributed by atoms with Gasteiger partial charge in [0.05, 0.1) is 0 Å². The molecule has 0 spiro atoms. The van der Waals surface area contributed by atoms with E-state index in [-0.39, 0.29) is 0 Å². The number of hydrogen-bond donors (Lipinski definition) is 1. The number of rotatable bonds is 4. The Kier molecular flexibility index (Phi) is 4.23. The second kappa shape index (κ2) is 5.89. The highest BCUT2D eigenvalue weighted by Crippen LogP contribution is 2.15. The molecule has 0 aliphatic heterocycles. The number of aromatic nitrogens is 2. The third-order valence-electron chi connectivity index (χ3n) is 2.24. The molecule has 1 heterocycles. The lowest BCUT2D eigenvalue weighted by molar-refractivity contribution is 1.02. The normalized spacial score (nSPS) is 10.2. The number of thioether (sulfide) groups is 1. The van der Waals surface area contributed by atoms with Gasteiger partial charge in [0.15, 0.2) is 0 Å². The zero-order valence-electron chi connectivity index (χ0n) is 9.35. The molecule has 3 nitrogen and oxygen atoms in total. The molecule has 0 aliphatic rings. The first-order valence-corrected chi connectivity index (χ1v) is 6.72. The molecule has 5 heteroatoms. The van der Waals surface area contributed by atoms with Crippen LogP contribution in [0.25, 0.3) is 0 Å². The summed E-state index contributed by atoms with van der Waals surface area (Å²) in [5.41, 5.74) is 1.17. The van der Waals surface area contributed by atoms with Crippen molar-refractivity contribution in [2.45, 2.75) is 11.6 Å². The molecule has 0 saturated carbocycles. The fourth-order valence-electron chi connectivity index (χ4n) is 1.34. The second-order valence-corrected chi connectivity index (χ2v) is 4.69. The molecule has 1 aromatic carbocycles. The smallest absolute Gasteiger partial charge is 0.130 e. The van der Waals surface area contributed by atoms with Gasteiger partial charge in [-0.15, -0.1) is 11.8 Å². The van der Waals surface area contributed by atoms with Crippen molar-refractivity contribution in [3.63, 3.8) is 0 Å². The lowest BCUT2D eigenvalue weighted by Crippen LogP contribution is -2.01. The molecule has 0 radical (unpaired) electrons. The third-order valence-corrected chi connectivity index (χ3v) is 3.13. The molecule has 0 amide bonds. The zero-order valence-corrected chi connectivity index (χ0v) is 10.9. The minimum Gasteiger partial charge on any atom is -0.366 e. The van der Waals surface area contributed by atoms with Crippen molar-refractivity contribution in [3.8, 4) is 0 Å². The highest BCUT2D eigenvalue weighted by atomic mass is 35.5. The van der Waals surface area contributed by atoms with Crippen molar-refractivity contribution < 1.29 is 0 Å². The fourth-order valence-corrected chi connectivity index (χ4v) is 1.85. The monoisotopic (exact) mass is 265 g/mol. The summed E-state index contributed by atoms with van der Waals surface area (Å²) >= 11 is 7.42. The molecule has 88 valence electrons. The Bertz CT molecular complexity index is 487. The second-order valence-electron chi connectivity index (χ2n) is 3.43. The average Bonchev–Trinajstić information content (AvgIpc) is 2.38. The molecule has 1 N–H and O–H groups in total. The summed E-state index contributed by atoms with van der Waals surface area (Å²) in [6.07, 6.45) is 3.56. The maximum Gasteiger partial charge on any atom is 0.130 e. The van der Waals surface area contributed by atoms with Crippen LogP contribution in [0.2, 0.25) is 5.02 Å². The molecule has 0 unspecified atom stereocenters. The van der Waals surface area contributed by atoms with Crippen molar-refractivity contribution >= 4 is 29.2 Å². The number of halogens is 1. The van der Waals surface area contributed by atoms with Crippen LogP contribution in [0.1, 0.15) is 5.56 Å². The summed E-state index contributed by atoms with van der Waals surface area (Å²) in [7, 11) is 0. The predicted molar refractivity (Wildman–Crippen MR) is 72.6 cm³/mol. The molecule has 0 bridgehead atoms. The molecule has 0 saturated heterocycles. The molecule has 2 rings (SSSR count). The maximum atomic E-state index is 5.82. The van der Waals surface area contributed by atoms with Crippen molar-refractivity contribution in [2.75, 3.05) is 11.6 Å². The Morgan fingerprint density at radius 1 is 1.24 bits per heavy atom. The maximum absolute atomic E-state index is 5.82. The first-order valence-electron chi connectivity index (χ1n) is 5.12. The lowest BCUT2D eigenvalue weighted by Gasteiger charge is -2.06. The van der Waals surface area contributed by atoms with Crippen LogP contribution in [-0.4, -0.2) is 16.2 Å². The van der Waals surface area contributed by atoms with Crippen molar-refractivity contribution in [1.29, 1.82) is 0 Å². The number of anilines is 1. The molecule has 0 fully saturated rings. The van der Waals surface area contributed by atoms with Crippen LogP contribution in [0.4, 0.5) is 5.82 Å². The first-order chi connectivity index (χ1) is 8.28. The SMILES string of the molecule is CSc1cc(NCc2ccc(Cl)cc2)ncn1. The Morgan fingerprint density at radius 3 is 2.71 bits per heavy atom. The Labute approximate surface area is 110 Å². The quantitative estimate of drug-likeness (QED) is 0.679. The van der Waals surface area contributed by atoms with Crippen LogP contribution in [0, 0.1) is 0 Å². The largest absolute Gasteiger partial charge is 0.366 e. The molecule has 17 heavy (non-hydrogen) atoms. The van der Waals surface area contributed by atoms with Crippen molar-refractivity contribution in [1.82, 2.24) is 9.97 Å². The van der Waals surface area contributed by atoms with Crippen LogP contribution >= 0.6 is 23.4 Å². The lowest BCUT2D eigenvalue weighted by atomic mass is 10.2. The van der Waals surface area contributed by atoms with Gasteiger partial charge >= 0.3 is 0 Å². The van der Waals surface area contributed by atoms with E-state index in [9.17, 15) is 0 Å². The van der Waals surface area contributed by atoms with Gasteiger partial charge in [-0.25, -0.2) is 9.97 Å². The highest BCUT2D eigenvalue weighted by Gasteiger charge is 1.98. The van der Waals surface area contributed by atoms with Gasteiger partial charge in [-0.2, -0.15) is 0 Å². The van der Waals surface area contributed by atoms with E-state index in [2.05, 4.69) is 15.3 Å². The summed E-state index contributed by atoms with van der Waals surface area (Å²) in [6.45, 7) is 0.724. The summed E-state index contributed by atoms with van der Waals surface area (Å²) in [5, 5.41) is 4.96. The Balaban J connectivity index is 1.99. The van der Waals surface area contributed by atoms with Crippen molar-refractivity contribution in [3.05, 3.63) is 47.2 Å². The predicted octanol–water partition coefficient (Wildman–Crippen LogP) is 3.46. The Hall–Kier alpha value is -1.26. The van der Waals surface area contributed by atoms with E-state index in [0.717, 1.165) is 22.4 Å². The summed E-state index contributed by atoms with van der Waals surface area (Å²) in [4.78, 5) is 8.28. The molecule has 0 atom stereocenters. The van der Waals surface area contributed by atoms with Crippen LogP contribution in [0.3, 0.4) is 0 Å². The molecule has 1 aromatic heterocycles. The molecule has 2 aromatic rings. The van der Waals surface area contributed by atoms with Crippen LogP contribution < -0.4 is 5.32 Å². The summed E-state index contributed by atoms with van der Waals surface area (Å²) < 4.78 is 0. The Morgan fingerprint density at radius 2 is 2.00 bits per heavy atom. The van der Waals surface area contributed by atoms with E-state index >= 15 is 0 Å². The first kappa shape index (κ1) is 12.2. The summed E-state index contributed by atoms with van der Waals surface area (Å²) in [5.74, 6) is 0.833. The van der Waals surface area contributed by atoms with E-state index in [1.807, 2.05) is 36.6 Å². The standard InChI is InChI=1S/C12H12ClN3S/c1-17-12-6-11(15-8-16-12)14-7-9-2-4-10(13)5-3-9/h2-6,8H,7H2,1H3,(H,14,15,16). The summed E-state index contributed by atoms with van der Waals surface area (Å²) in [6, 6.07) is 9.68. The third kappa shape index (κ3) is 3.61.